The fourth-order valence-corrected chi connectivity index (χ4v) is 2.35. The van der Waals surface area contributed by atoms with Crippen LogP contribution in [0.5, 0.6) is 5.75 Å². The van der Waals surface area contributed by atoms with Crippen molar-refractivity contribution in [1.82, 2.24) is 0 Å². The first-order valence-corrected chi connectivity index (χ1v) is 7.82. The van der Waals surface area contributed by atoms with E-state index in [9.17, 15) is 23.3 Å². The second kappa shape index (κ2) is 6.21. The zero-order valence-electron chi connectivity index (χ0n) is 12.0. The van der Waals surface area contributed by atoms with Crippen molar-refractivity contribution in [3.8, 4) is 5.75 Å². The first kappa shape index (κ1) is 17.1. The zero-order chi connectivity index (χ0) is 16.3. The third kappa shape index (κ3) is 4.25. The van der Waals surface area contributed by atoms with Gasteiger partial charge in [0.15, 0.2) is 15.6 Å². The number of nitro benzene ring substituents is 1. The second-order valence-electron chi connectivity index (χ2n) is 5.38. The normalized spacial score (nSPS) is 12.0. The molecule has 1 aromatic rings. The molecule has 8 heteroatoms. The Balaban J connectivity index is 2.89. The molecule has 0 spiro atoms. The summed E-state index contributed by atoms with van der Waals surface area (Å²) in [5, 5.41) is 10.9. The molecule has 7 nitrogen and oxygen atoms in total. The number of sulfone groups is 1. The molecule has 116 valence electrons. The van der Waals surface area contributed by atoms with E-state index in [1.54, 1.807) is 20.8 Å². The summed E-state index contributed by atoms with van der Waals surface area (Å²) in [6, 6.07) is 3.66. The second-order valence-corrected chi connectivity index (χ2v) is 8.24. The molecular weight excluding hydrogens is 298 g/mol. The van der Waals surface area contributed by atoms with E-state index in [0.717, 1.165) is 6.07 Å². The summed E-state index contributed by atoms with van der Waals surface area (Å²) in [6.45, 7) is 4.48. The van der Waals surface area contributed by atoms with Crippen LogP contribution < -0.4 is 4.74 Å². The summed E-state index contributed by atoms with van der Waals surface area (Å²) in [4.78, 5) is 20.9. The minimum absolute atomic E-state index is 0.117. The van der Waals surface area contributed by atoms with Crippen molar-refractivity contribution in [1.29, 1.82) is 0 Å². The maximum absolute atomic E-state index is 11.9. The monoisotopic (exact) mass is 315 g/mol. The van der Waals surface area contributed by atoms with Gasteiger partial charge in [-0.15, -0.1) is 0 Å². The Morgan fingerprint density at radius 3 is 2.43 bits per heavy atom. The minimum Gasteiger partial charge on any atom is -0.486 e. The van der Waals surface area contributed by atoms with E-state index in [-0.39, 0.29) is 29.4 Å². The van der Waals surface area contributed by atoms with Gasteiger partial charge < -0.3 is 4.74 Å². The standard InChI is InChI=1S/C13H17NO6S/c1-13(2,3)21(18,19)7-6-20-12-8-10(9-15)4-5-11(12)14(16)17/h4-5,8-9H,6-7H2,1-3H3. The summed E-state index contributed by atoms with van der Waals surface area (Å²) < 4.78 is 28.1. The average molecular weight is 315 g/mol. The number of nitro groups is 1. The Bertz CT molecular complexity index is 645. The number of carbonyl (C=O) groups is 1. The van der Waals surface area contributed by atoms with Crippen molar-refractivity contribution in [3.63, 3.8) is 0 Å². The Morgan fingerprint density at radius 2 is 1.95 bits per heavy atom. The number of aldehydes is 1. The van der Waals surface area contributed by atoms with Gasteiger partial charge in [0, 0.05) is 11.6 Å². The molecule has 0 aliphatic heterocycles. The van der Waals surface area contributed by atoms with Crippen LogP contribution >= 0.6 is 0 Å². The molecule has 21 heavy (non-hydrogen) atoms. The first-order chi connectivity index (χ1) is 9.58. The van der Waals surface area contributed by atoms with Crippen LogP contribution in [0.25, 0.3) is 0 Å². The molecule has 0 fully saturated rings. The highest BCUT2D eigenvalue weighted by molar-refractivity contribution is 7.92. The summed E-state index contributed by atoms with van der Waals surface area (Å²) in [7, 11) is -3.38. The van der Waals surface area contributed by atoms with Gasteiger partial charge in [-0.1, -0.05) is 0 Å². The lowest BCUT2D eigenvalue weighted by Crippen LogP contribution is -2.32. The molecule has 0 aromatic heterocycles. The van der Waals surface area contributed by atoms with Crippen LogP contribution in [0.4, 0.5) is 5.69 Å². The Kier molecular flexibility index (Phi) is 5.06. The van der Waals surface area contributed by atoms with Crippen molar-refractivity contribution in [3.05, 3.63) is 33.9 Å². The summed E-state index contributed by atoms with van der Waals surface area (Å²) in [5.74, 6) is -0.382. The number of carbonyl (C=O) groups excluding carboxylic acids is 1. The average Bonchev–Trinajstić information content (AvgIpc) is 2.36. The first-order valence-electron chi connectivity index (χ1n) is 6.17. The minimum atomic E-state index is -3.38. The van der Waals surface area contributed by atoms with E-state index in [1.165, 1.54) is 12.1 Å². The van der Waals surface area contributed by atoms with Crippen LogP contribution in [-0.2, 0) is 9.84 Å². The lowest BCUT2D eigenvalue weighted by atomic mass is 10.2. The van der Waals surface area contributed by atoms with Crippen LogP contribution in [-0.4, -0.2) is 36.7 Å². The van der Waals surface area contributed by atoms with E-state index in [1.807, 2.05) is 0 Å². The van der Waals surface area contributed by atoms with Gasteiger partial charge in [0.1, 0.15) is 12.9 Å². The zero-order valence-corrected chi connectivity index (χ0v) is 12.8. The van der Waals surface area contributed by atoms with Crippen LogP contribution in [0.3, 0.4) is 0 Å². The van der Waals surface area contributed by atoms with E-state index >= 15 is 0 Å². The maximum atomic E-state index is 11.9. The summed E-state index contributed by atoms with van der Waals surface area (Å²) in [5.41, 5.74) is -0.0944. The molecular formula is C13H17NO6S. The number of hydrogen-bond acceptors (Lipinski definition) is 6. The van der Waals surface area contributed by atoms with Crippen LogP contribution in [0.1, 0.15) is 31.1 Å². The number of benzene rings is 1. The van der Waals surface area contributed by atoms with E-state index < -0.39 is 19.5 Å². The summed E-state index contributed by atoms with van der Waals surface area (Å²) >= 11 is 0. The predicted molar refractivity (Wildman–Crippen MR) is 77.5 cm³/mol. The van der Waals surface area contributed by atoms with Gasteiger partial charge in [-0.2, -0.15) is 0 Å². The van der Waals surface area contributed by atoms with Gasteiger partial charge >= 0.3 is 5.69 Å². The van der Waals surface area contributed by atoms with Crippen molar-refractivity contribution >= 4 is 21.8 Å². The predicted octanol–water partition coefficient (Wildman–Crippen LogP) is 2.00. The lowest BCUT2D eigenvalue weighted by Gasteiger charge is -2.19. The molecule has 0 saturated heterocycles. The largest absolute Gasteiger partial charge is 0.486 e. The molecule has 0 unspecified atom stereocenters. The molecule has 0 amide bonds. The lowest BCUT2D eigenvalue weighted by molar-refractivity contribution is -0.385. The van der Waals surface area contributed by atoms with Crippen molar-refractivity contribution in [2.24, 2.45) is 0 Å². The smallest absolute Gasteiger partial charge is 0.310 e. The van der Waals surface area contributed by atoms with Gasteiger partial charge in [0.2, 0.25) is 0 Å². The number of ether oxygens (including phenoxy) is 1. The molecule has 0 saturated carbocycles. The number of nitrogens with zero attached hydrogens (tertiary/aromatic N) is 1. The van der Waals surface area contributed by atoms with Gasteiger partial charge in [-0.3, -0.25) is 14.9 Å². The fraction of sp³-hybridized carbons (Fsp3) is 0.462. The molecule has 0 aliphatic rings. The van der Waals surface area contributed by atoms with Crippen molar-refractivity contribution < 1.29 is 22.9 Å². The molecule has 1 aromatic carbocycles. The van der Waals surface area contributed by atoms with Crippen LogP contribution in [0, 0.1) is 10.1 Å². The molecule has 0 bridgehead atoms. The van der Waals surface area contributed by atoms with Gasteiger partial charge in [0.25, 0.3) is 0 Å². The molecule has 0 aliphatic carbocycles. The van der Waals surface area contributed by atoms with Crippen molar-refractivity contribution in [2.75, 3.05) is 12.4 Å². The molecule has 0 N–H and O–H groups in total. The third-order valence-electron chi connectivity index (χ3n) is 2.86. The maximum Gasteiger partial charge on any atom is 0.310 e. The Labute approximate surface area is 123 Å². The highest BCUT2D eigenvalue weighted by Crippen LogP contribution is 2.27. The van der Waals surface area contributed by atoms with Gasteiger partial charge in [-0.25, -0.2) is 8.42 Å². The van der Waals surface area contributed by atoms with Crippen LogP contribution in [0.2, 0.25) is 0 Å². The third-order valence-corrected chi connectivity index (χ3v) is 5.43. The highest BCUT2D eigenvalue weighted by atomic mass is 32.2. The van der Waals surface area contributed by atoms with Crippen LogP contribution in [0.15, 0.2) is 18.2 Å². The Hall–Kier alpha value is -1.96. The quantitative estimate of drug-likeness (QED) is 0.452. The van der Waals surface area contributed by atoms with E-state index in [4.69, 9.17) is 4.74 Å². The number of hydrogen-bond donors (Lipinski definition) is 0. The molecule has 0 atom stereocenters. The molecule has 1 rings (SSSR count). The van der Waals surface area contributed by atoms with E-state index in [0.29, 0.717) is 6.29 Å². The Morgan fingerprint density at radius 1 is 1.33 bits per heavy atom. The number of rotatable bonds is 6. The molecule has 0 heterocycles. The summed E-state index contributed by atoms with van der Waals surface area (Å²) in [6.07, 6.45) is 0.530. The SMILES string of the molecule is CC(C)(C)S(=O)(=O)CCOc1cc(C=O)ccc1[N+](=O)[O-]. The fourth-order valence-electron chi connectivity index (χ4n) is 1.44. The topological polar surface area (TPSA) is 104 Å². The van der Waals surface area contributed by atoms with Crippen molar-refractivity contribution in [2.45, 2.75) is 25.5 Å². The van der Waals surface area contributed by atoms with Gasteiger partial charge in [-0.05, 0) is 32.9 Å². The van der Waals surface area contributed by atoms with E-state index in [2.05, 4.69) is 0 Å². The molecule has 0 radical (unpaired) electrons. The van der Waals surface area contributed by atoms with Gasteiger partial charge in [0.05, 0.1) is 15.4 Å². The highest BCUT2D eigenvalue weighted by Gasteiger charge is 2.29.